The summed E-state index contributed by atoms with van der Waals surface area (Å²) in [5.41, 5.74) is -0.631. The van der Waals surface area contributed by atoms with Gasteiger partial charge in [-0.25, -0.2) is 0 Å². The molecule has 1 heterocycles. The van der Waals surface area contributed by atoms with Crippen molar-refractivity contribution in [3.63, 3.8) is 0 Å². The summed E-state index contributed by atoms with van der Waals surface area (Å²) in [4.78, 5) is 25.6. The highest BCUT2D eigenvalue weighted by Gasteiger charge is 2.57. The van der Waals surface area contributed by atoms with Gasteiger partial charge in [0, 0.05) is 25.3 Å². The highest BCUT2D eigenvalue weighted by Crippen LogP contribution is 2.42. The van der Waals surface area contributed by atoms with Gasteiger partial charge >= 0.3 is 0 Å². The number of amides is 1. The molecule has 1 saturated heterocycles. The Morgan fingerprint density at radius 2 is 2.00 bits per heavy atom. The van der Waals surface area contributed by atoms with Crippen molar-refractivity contribution in [2.45, 2.75) is 38.0 Å². The number of hydrogen-bond donors (Lipinski definition) is 1. The minimum atomic E-state index is -1.56. The van der Waals surface area contributed by atoms with Gasteiger partial charge in [0.2, 0.25) is 11.6 Å². The van der Waals surface area contributed by atoms with Gasteiger partial charge in [0.1, 0.15) is 0 Å². The van der Waals surface area contributed by atoms with Gasteiger partial charge in [-0.15, -0.1) is 0 Å². The molecular formula is C15H17NO3. The fraction of sp³-hybridized carbons (Fsp3) is 0.467. The lowest BCUT2D eigenvalue weighted by molar-refractivity contribution is -0.175. The van der Waals surface area contributed by atoms with Crippen LogP contribution in [0.1, 0.15) is 31.2 Å². The van der Waals surface area contributed by atoms with Crippen LogP contribution < -0.4 is 0 Å². The molecule has 19 heavy (non-hydrogen) atoms. The molecule has 1 N–H and O–H groups in total. The molecule has 2 aliphatic rings. The quantitative estimate of drug-likeness (QED) is 0.875. The fourth-order valence-corrected chi connectivity index (χ4v) is 3.22. The fourth-order valence-electron chi connectivity index (χ4n) is 3.22. The lowest BCUT2D eigenvalue weighted by Crippen LogP contribution is -2.56. The zero-order valence-corrected chi connectivity index (χ0v) is 10.7. The van der Waals surface area contributed by atoms with Gasteiger partial charge in [0.25, 0.3) is 0 Å². The van der Waals surface area contributed by atoms with Gasteiger partial charge in [-0.05, 0) is 18.4 Å². The number of aliphatic hydroxyl groups is 1. The Kier molecular flexibility index (Phi) is 2.90. The summed E-state index contributed by atoms with van der Waals surface area (Å²) in [6, 6.07) is 9.48. The van der Waals surface area contributed by atoms with E-state index < -0.39 is 5.72 Å². The van der Waals surface area contributed by atoms with Crippen LogP contribution in [0.4, 0.5) is 0 Å². The molecule has 1 aliphatic carbocycles. The maximum absolute atomic E-state index is 12.1. The average Bonchev–Trinajstić information content (AvgIpc) is 2.66. The Morgan fingerprint density at radius 1 is 1.26 bits per heavy atom. The predicted molar refractivity (Wildman–Crippen MR) is 68.9 cm³/mol. The molecule has 3 rings (SSSR count). The summed E-state index contributed by atoms with van der Waals surface area (Å²) in [6.45, 7) is 0.304. The van der Waals surface area contributed by atoms with Crippen LogP contribution in [0.5, 0.6) is 0 Å². The van der Waals surface area contributed by atoms with E-state index in [1.165, 1.54) is 4.90 Å². The molecule has 4 nitrogen and oxygen atoms in total. The normalized spacial score (nSPS) is 30.6. The molecular weight excluding hydrogens is 242 g/mol. The topological polar surface area (TPSA) is 57.6 Å². The van der Waals surface area contributed by atoms with E-state index in [1.54, 1.807) is 0 Å². The van der Waals surface area contributed by atoms with Crippen LogP contribution in [0.2, 0.25) is 0 Å². The number of fused-ring (bicyclic) bond motifs is 1. The maximum Gasteiger partial charge on any atom is 0.225 e. The van der Waals surface area contributed by atoms with E-state index in [9.17, 15) is 14.7 Å². The summed E-state index contributed by atoms with van der Waals surface area (Å²) in [5, 5.41) is 10.7. The zero-order valence-electron chi connectivity index (χ0n) is 10.7. The smallest absolute Gasteiger partial charge is 0.225 e. The molecule has 2 atom stereocenters. The Bertz CT molecular complexity index is 513. The molecule has 0 aromatic heterocycles. The van der Waals surface area contributed by atoms with Crippen molar-refractivity contribution in [2.24, 2.45) is 5.92 Å². The van der Waals surface area contributed by atoms with Gasteiger partial charge < -0.3 is 10.0 Å². The summed E-state index contributed by atoms with van der Waals surface area (Å²) in [5.74, 6) is -0.554. The van der Waals surface area contributed by atoms with Crippen molar-refractivity contribution in [1.29, 1.82) is 0 Å². The molecule has 1 saturated carbocycles. The number of rotatable bonds is 2. The lowest BCUT2D eigenvalue weighted by atomic mass is 9.81. The molecule has 1 aliphatic heterocycles. The second kappa shape index (κ2) is 4.46. The van der Waals surface area contributed by atoms with E-state index in [0.717, 1.165) is 18.4 Å². The molecule has 1 amide bonds. The van der Waals surface area contributed by atoms with E-state index in [0.29, 0.717) is 13.0 Å². The Balaban J connectivity index is 1.91. The van der Waals surface area contributed by atoms with Crippen LogP contribution in [0.25, 0.3) is 0 Å². The second-order valence-corrected chi connectivity index (χ2v) is 5.41. The first kappa shape index (κ1) is 12.4. The largest absolute Gasteiger partial charge is 0.364 e. The summed E-state index contributed by atoms with van der Waals surface area (Å²) < 4.78 is 0. The molecule has 0 radical (unpaired) electrons. The van der Waals surface area contributed by atoms with Crippen LogP contribution in [-0.2, 0) is 16.1 Å². The first-order valence-electron chi connectivity index (χ1n) is 6.72. The summed E-state index contributed by atoms with van der Waals surface area (Å²) in [6.07, 6.45) is 2.18. The van der Waals surface area contributed by atoms with E-state index >= 15 is 0 Å². The standard InChI is InChI=1S/C15H17NO3/c17-13-8-4-7-12-9-14(18)16(15(12,13)19)10-11-5-2-1-3-6-11/h1-3,5-6,12,19H,4,7-10H2/t12-,15-/m0/s1. The summed E-state index contributed by atoms with van der Waals surface area (Å²) in [7, 11) is 0. The predicted octanol–water partition coefficient (Wildman–Crippen LogP) is 1.48. The van der Waals surface area contributed by atoms with E-state index in [-0.39, 0.29) is 24.0 Å². The van der Waals surface area contributed by atoms with Crippen molar-refractivity contribution in [3.05, 3.63) is 35.9 Å². The highest BCUT2D eigenvalue weighted by atomic mass is 16.3. The Labute approximate surface area is 112 Å². The van der Waals surface area contributed by atoms with Crippen LogP contribution >= 0.6 is 0 Å². The molecule has 0 spiro atoms. The number of carbonyl (C=O) groups excluding carboxylic acids is 2. The second-order valence-electron chi connectivity index (χ2n) is 5.41. The monoisotopic (exact) mass is 259 g/mol. The molecule has 100 valence electrons. The van der Waals surface area contributed by atoms with Crippen molar-refractivity contribution >= 4 is 11.7 Å². The van der Waals surface area contributed by atoms with E-state index in [2.05, 4.69) is 0 Å². The maximum atomic E-state index is 12.1. The van der Waals surface area contributed by atoms with Crippen molar-refractivity contribution in [1.82, 2.24) is 4.90 Å². The minimum absolute atomic E-state index is 0.119. The van der Waals surface area contributed by atoms with Crippen LogP contribution in [0.15, 0.2) is 30.3 Å². The van der Waals surface area contributed by atoms with Crippen molar-refractivity contribution in [2.75, 3.05) is 0 Å². The lowest BCUT2D eigenvalue weighted by Gasteiger charge is -2.38. The third kappa shape index (κ3) is 1.87. The third-order valence-corrected chi connectivity index (χ3v) is 4.25. The van der Waals surface area contributed by atoms with Gasteiger partial charge in [-0.2, -0.15) is 0 Å². The van der Waals surface area contributed by atoms with Crippen LogP contribution in [-0.4, -0.2) is 27.4 Å². The first-order valence-corrected chi connectivity index (χ1v) is 6.72. The summed E-state index contributed by atoms with van der Waals surface area (Å²) >= 11 is 0. The zero-order chi connectivity index (χ0) is 13.5. The van der Waals surface area contributed by atoms with E-state index in [1.807, 2.05) is 30.3 Å². The first-order chi connectivity index (χ1) is 9.12. The van der Waals surface area contributed by atoms with E-state index in [4.69, 9.17) is 0 Å². The number of likely N-dealkylation sites (tertiary alicyclic amines) is 1. The molecule has 1 aromatic carbocycles. The minimum Gasteiger partial charge on any atom is -0.364 e. The van der Waals surface area contributed by atoms with Gasteiger partial charge in [-0.3, -0.25) is 9.59 Å². The molecule has 1 aromatic rings. The van der Waals surface area contributed by atoms with Gasteiger partial charge in [0.15, 0.2) is 5.78 Å². The van der Waals surface area contributed by atoms with Crippen molar-refractivity contribution < 1.29 is 14.7 Å². The number of hydrogen-bond acceptors (Lipinski definition) is 3. The SMILES string of the molecule is O=C1C[C@@H]2CCCC(=O)[C@]2(O)N1Cc1ccccc1. The average molecular weight is 259 g/mol. The highest BCUT2D eigenvalue weighted by molar-refractivity contribution is 5.95. The molecule has 4 heteroatoms. The third-order valence-electron chi connectivity index (χ3n) is 4.25. The Morgan fingerprint density at radius 3 is 2.74 bits per heavy atom. The number of carbonyl (C=O) groups is 2. The Hall–Kier alpha value is -1.68. The molecule has 0 bridgehead atoms. The molecule has 2 fully saturated rings. The van der Waals surface area contributed by atoms with Gasteiger partial charge in [0.05, 0.1) is 0 Å². The van der Waals surface area contributed by atoms with Gasteiger partial charge in [-0.1, -0.05) is 30.3 Å². The van der Waals surface area contributed by atoms with Crippen LogP contribution in [0.3, 0.4) is 0 Å². The van der Waals surface area contributed by atoms with Crippen molar-refractivity contribution in [3.8, 4) is 0 Å². The number of ketones is 1. The number of nitrogens with zero attached hydrogens (tertiary/aromatic N) is 1. The number of Topliss-reactive ketones (excluding diaryl/α,β-unsaturated/α-hetero) is 1. The number of benzene rings is 1. The molecule has 0 unspecified atom stereocenters. The van der Waals surface area contributed by atoms with Crippen LogP contribution in [0, 0.1) is 5.92 Å².